The molecule has 3 rings (SSSR count). The molecule has 2 aromatic rings. The fourth-order valence-electron chi connectivity index (χ4n) is 2.57. The van der Waals surface area contributed by atoms with Gasteiger partial charge in [-0.15, -0.1) is 10.2 Å². The molecule has 1 fully saturated rings. The highest BCUT2D eigenvalue weighted by Gasteiger charge is 2.19. The quantitative estimate of drug-likeness (QED) is 0.756. The van der Waals surface area contributed by atoms with Crippen LogP contribution in [0.15, 0.2) is 29.4 Å². The van der Waals surface area contributed by atoms with E-state index >= 15 is 0 Å². The summed E-state index contributed by atoms with van der Waals surface area (Å²) in [4.78, 5) is 2.25. The molecule has 0 unspecified atom stereocenters. The third-order valence-corrected chi connectivity index (χ3v) is 4.85. The lowest BCUT2D eigenvalue weighted by atomic mass is 10.2. The van der Waals surface area contributed by atoms with E-state index in [-0.39, 0.29) is 0 Å². The van der Waals surface area contributed by atoms with Crippen LogP contribution in [0.4, 0.5) is 5.95 Å². The van der Waals surface area contributed by atoms with Crippen molar-refractivity contribution in [3.63, 3.8) is 0 Å². The van der Waals surface area contributed by atoms with Crippen molar-refractivity contribution in [2.24, 2.45) is 0 Å². The number of hydrogen-bond acceptors (Lipinski definition) is 6. The molecule has 1 saturated heterocycles. The molecule has 1 aromatic carbocycles. The molecular formula is C16H22N4O2S. The highest BCUT2D eigenvalue weighted by molar-refractivity contribution is 7.98. The minimum atomic E-state index is 0.753. The molecule has 1 aliphatic heterocycles. The van der Waals surface area contributed by atoms with Gasteiger partial charge in [-0.25, -0.2) is 0 Å². The van der Waals surface area contributed by atoms with Crippen molar-refractivity contribution in [2.45, 2.75) is 24.4 Å². The summed E-state index contributed by atoms with van der Waals surface area (Å²) in [5.41, 5.74) is 1.22. The maximum Gasteiger partial charge on any atom is 0.228 e. The minimum Gasteiger partial charge on any atom is -0.497 e. The van der Waals surface area contributed by atoms with E-state index in [0.717, 1.165) is 55.5 Å². The number of nitrogens with zero attached hydrogens (tertiary/aromatic N) is 4. The molecule has 0 aliphatic carbocycles. The molecular weight excluding hydrogens is 312 g/mol. The normalized spacial score (nSPS) is 15.0. The zero-order valence-electron chi connectivity index (χ0n) is 13.6. The van der Waals surface area contributed by atoms with Crippen molar-refractivity contribution in [2.75, 3.05) is 38.3 Å². The van der Waals surface area contributed by atoms with Crippen LogP contribution in [0.3, 0.4) is 0 Å². The molecule has 0 atom stereocenters. The van der Waals surface area contributed by atoms with E-state index in [9.17, 15) is 0 Å². The molecule has 6 nitrogen and oxygen atoms in total. The number of thioether (sulfide) groups is 1. The molecule has 2 heterocycles. The van der Waals surface area contributed by atoms with Gasteiger partial charge in [0.05, 0.1) is 20.3 Å². The van der Waals surface area contributed by atoms with Crippen molar-refractivity contribution < 1.29 is 9.47 Å². The molecule has 1 aromatic heterocycles. The van der Waals surface area contributed by atoms with Gasteiger partial charge >= 0.3 is 0 Å². The summed E-state index contributed by atoms with van der Waals surface area (Å²) in [7, 11) is 1.69. The van der Waals surface area contributed by atoms with E-state index in [0.29, 0.717) is 0 Å². The highest BCUT2D eigenvalue weighted by Crippen LogP contribution is 2.26. The highest BCUT2D eigenvalue weighted by atomic mass is 32.2. The number of rotatable bonds is 6. The largest absolute Gasteiger partial charge is 0.497 e. The average Bonchev–Trinajstić information content (AvgIpc) is 3.04. The molecule has 0 saturated carbocycles. The number of benzene rings is 1. The lowest BCUT2D eigenvalue weighted by Gasteiger charge is -2.27. The summed E-state index contributed by atoms with van der Waals surface area (Å²) in [5, 5.41) is 9.73. The Labute approximate surface area is 140 Å². The predicted octanol–water partition coefficient (Wildman–Crippen LogP) is 2.44. The Hall–Kier alpha value is -1.73. The Bertz CT molecular complexity index is 641. The fourth-order valence-corrected chi connectivity index (χ4v) is 3.51. The van der Waals surface area contributed by atoms with Gasteiger partial charge in [0.1, 0.15) is 5.75 Å². The standard InChI is InChI=1S/C16H22N4O2S/c1-3-20-15(19-7-9-22-10-8-19)17-18-16(20)23-12-13-5-4-6-14(11-13)21-2/h4-6,11H,3,7-10,12H2,1-2H3. The Balaban J connectivity index is 1.71. The predicted molar refractivity (Wildman–Crippen MR) is 91.3 cm³/mol. The first kappa shape index (κ1) is 16.1. The first-order valence-corrected chi connectivity index (χ1v) is 8.82. The summed E-state index contributed by atoms with van der Waals surface area (Å²) >= 11 is 1.70. The lowest BCUT2D eigenvalue weighted by Crippen LogP contribution is -2.38. The molecule has 7 heteroatoms. The Morgan fingerprint density at radius 3 is 2.83 bits per heavy atom. The van der Waals surface area contributed by atoms with Gasteiger partial charge in [0.2, 0.25) is 5.95 Å². The SMILES string of the molecule is CCn1c(SCc2cccc(OC)c2)nnc1N1CCOCC1. The monoisotopic (exact) mass is 334 g/mol. The van der Waals surface area contributed by atoms with Crippen LogP contribution in [0.25, 0.3) is 0 Å². The van der Waals surface area contributed by atoms with Crippen molar-refractivity contribution in [1.82, 2.24) is 14.8 Å². The smallest absolute Gasteiger partial charge is 0.228 e. The van der Waals surface area contributed by atoms with E-state index in [2.05, 4.69) is 38.7 Å². The van der Waals surface area contributed by atoms with Crippen LogP contribution >= 0.6 is 11.8 Å². The van der Waals surface area contributed by atoms with Gasteiger partial charge in [-0.2, -0.15) is 0 Å². The molecule has 0 spiro atoms. The topological polar surface area (TPSA) is 52.4 Å². The van der Waals surface area contributed by atoms with Crippen LogP contribution in [0.2, 0.25) is 0 Å². The molecule has 0 amide bonds. The molecule has 1 aliphatic rings. The summed E-state index contributed by atoms with van der Waals surface area (Å²) in [5.74, 6) is 2.68. The van der Waals surface area contributed by atoms with E-state index < -0.39 is 0 Å². The zero-order chi connectivity index (χ0) is 16.1. The van der Waals surface area contributed by atoms with Crippen molar-refractivity contribution in [1.29, 1.82) is 0 Å². The summed E-state index contributed by atoms with van der Waals surface area (Å²) < 4.78 is 12.9. The van der Waals surface area contributed by atoms with Crippen molar-refractivity contribution >= 4 is 17.7 Å². The van der Waals surface area contributed by atoms with Crippen LogP contribution in [0.1, 0.15) is 12.5 Å². The van der Waals surface area contributed by atoms with Gasteiger partial charge < -0.3 is 14.4 Å². The summed E-state index contributed by atoms with van der Waals surface area (Å²) in [6.07, 6.45) is 0. The van der Waals surface area contributed by atoms with Gasteiger partial charge in [-0.1, -0.05) is 23.9 Å². The van der Waals surface area contributed by atoms with E-state index in [4.69, 9.17) is 9.47 Å². The molecule has 0 radical (unpaired) electrons. The van der Waals surface area contributed by atoms with Crippen LogP contribution in [-0.2, 0) is 17.0 Å². The van der Waals surface area contributed by atoms with E-state index in [1.807, 2.05) is 12.1 Å². The molecule has 124 valence electrons. The lowest BCUT2D eigenvalue weighted by molar-refractivity contribution is 0.121. The number of ether oxygens (including phenoxy) is 2. The van der Waals surface area contributed by atoms with E-state index in [1.165, 1.54) is 5.56 Å². The molecule has 0 N–H and O–H groups in total. The van der Waals surface area contributed by atoms with Gasteiger partial charge in [0.25, 0.3) is 0 Å². The van der Waals surface area contributed by atoms with Crippen LogP contribution < -0.4 is 9.64 Å². The van der Waals surface area contributed by atoms with Gasteiger partial charge in [0, 0.05) is 25.4 Å². The Kier molecular flexibility index (Phi) is 5.40. The van der Waals surface area contributed by atoms with Crippen LogP contribution in [0.5, 0.6) is 5.75 Å². The second-order valence-electron chi connectivity index (χ2n) is 5.27. The zero-order valence-corrected chi connectivity index (χ0v) is 14.4. The van der Waals surface area contributed by atoms with Crippen molar-refractivity contribution in [3.8, 4) is 5.75 Å². The van der Waals surface area contributed by atoms with Crippen LogP contribution in [0, 0.1) is 0 Å². The van der Waals surface area contributed by atoms with Crippen molar-refractivity contribution in [3.05, 3.63) is 29.8 Å². The molecule has 0 bridgehead atoms. The van der Waals surface area contributed by atoms with Gasteiger partial charge in [0.15, 0.2) is 5.16 Å². The maximum atomic E-state index is 5.41. The maximum absolute atomic E-state index is 5.41. The minimum absolute atomic E-state index is 0.753. The van der Waals surface area contributed by atoms with E-state index in [1.54, 1.807) is 18.9 Å². The third-order valence-electron chi connectivity index (χ3n) is 3.81. The number of hydrogen-bond donors (Lipinski definition) is 0. The fraction of sp³-hybridized carbons (Fsp3) is 0.500. The molecule has 23 heavy (non-hydrogen) atoms. The second-order valence-corrected chi connectivity index (χ2v) is 6.21. The number of morpholine rings is 1. The van der Waals surface area contributed by atoms with Gasteiger partial charge in [-0.05, 0) is 24.6 Å². The first-order chi connectivity index (χ1) is 11.3. The average molecular weight is 334 g/mol. The second kappa shape index (κ2) is 7.70. The number of methoxy groups -OCH3 is 1. The number of anilines is 1. The number of aromatic nitrogens is 3. The Morgan fingerprint density at radius 1 is 1.26 bits per heavy atom. The summed E-state index contributed by atoms with van der Waals surface area (Å²) in [6.45, 7) is 6.24. The Morgan fingerprint density at radius 2 is 2.09 bits per heavy atom. The third kappa shape index (κ3) is 3.79. The summed E-state index contributed by atoms with van der Waals surface area (Å²) in [6, 6.07) is 8.13. The first-order valence-electron chi connectivity index (χ1n) is 7.83. The van der Waals surface area contributed by atoms with Crippen LogP contribution in [-0.4, -0.2) is 48.2 Å². The van der Waals surface area contributed by atoms with Gasteiger partial charge in [-0.3, -0.25) is 4.57 Å².